The molecule has 21 heavy (non-hydrogen) atoms. The smallest absolute Gasteiger partial charge is 0.252 e. The monoisotopic (exact) mass is 308 g/mol. The first-order valence-corrected chi connectivity index (χ1v) is 9.00. The molecule has 1 aromatic heterocycles. The molecule has 1 aliphatic rings. The van der Waals surface area contributed by atoms with Gasteiger partial charge in [-0.05, 0) is 64.6 Å². The molecule has 3 nitrogen and oxygen atoms in total. The summed E-state index contributed by atoms with van der Waals surface area (Å²) >= 11 is 1.68. The minimum absolute atomic E-state index is 0.113. The van der Waals surface area contributed by atoms with Gasteiger partial charge in [-0.25, -0.2) is 0 Å². The first-order valence-electron chi connectivity index (χ1n) is 8.12. The highest BCUT2D eigenvalue weighted by Gasteiger charge is 2.22. The van der Waals surface area contributed by atoms with Crippen molar-refractivity contribution in [2.75, 3.05) is 19.6 Å². The van der Waals surface area contributed by atoms with Crippen LogP contribution in [0, 0.1) is 12.8 Å². The lowest BCUT2D eigenvalue weighted by atomic mass is 9.96. The van der Waals surface area contributed by atoms with Gasteiger partial charge in [0.2, 0.25) is 0 Å². The van der Waals surface area contributed by atoms with Crippen molar-refractivity contribution in [3.63, 3.8) is 0 Å². The summed E-state index contributed by atoms with van der Waals surface area (Å²) in [6.07, 6.45) is 3.33. The fraction of sp³-hybridized carbons (Fsp3) is 0.706. The molecule has 0 spiro atoms. The molecule has 1 fully saturated rings. The van der Waals surface area contributed by atoms with Crippen molar-refractivity contribution in [2.24, 2.45) is 5.92 Å². The van der Waals surface area contributed by atoms with Crippen molar-refractivity contribution in [2.45, 2.75) is 53.0 Å². The van der Waals surface area contributed by atoms with Crippen LogP contribution in [-0.2, 0) is 6.42 Å². The van der Waals surface area contributed by atoms with Crippen molar-refractivity contribution < 1.29 is 4.79 Å². The summed E-state index contributed by atoms with van der Waals surface area (Å²) < 4.78 is 0. The minimum atomic E-state index is 0.113. The summed E-state index contributed by atoms with van der Waals surface area (Å²) in [7, 11) is 0. The van der Waals surface area contributed by atoms with Crippen molar-refractivity contribution in [3.05, 3.63) is 21.4 Å². The van der Waals surface area contributed by atoms with E-state index in [-0.39, 0.29) is 5.91 Å². The lowest BCUT2D eigenvalue weighted by Crippen LogP contribution is -2.41. The number of nitrogens with one attached hydrogen (secondary N) is 1. The van der Waals surface area contributed by atoms with Crippen LogP contribution in [0.5, 0.6) is 0 Å². The average molecular weight is 308 g/mol. The van der Waals surface area contributed by atoms with E-state index in [0.29, 0.717) is 12.0 Å². The summed E-state index contributed by atoms with van der Waals surface area (Å²) in [6, 6.07) is 0.640. The van der Waals surface area contributed by atoms with Crippen LogP contribution in [0.4, 0.5) is 0 Å². The van der Waals surface area contributed by atoms with Crippen LogP contribution in [0.25, 0.3) is 0 Å². The predicted molar refractivity (Wildman–Crippen MR) is 90.2 cm³/mol. The summed E-state index contributed by atoms with van der Waals surface area (Å²) in [5.74, 6) is 0.747. The van der Waals surface area contributed by atoms with Crippen molar-refractivity contribution in [3.8, 4) is 0 Å². The van der Waals surface area contributed by atoms with Gasteiger partial charge in [0.1, 0.15) is 0 Å². The topological polar surface area (TPSA) is 32.3 Å². The molecule has 0 unspecified atom stereocenters. The molecule has 1 saturated heterocycles. The second-order valence-corrected chi connectivity index (χ2v) is 7.40. The molecular formula is C17H28N2OS. The van der Waals surface area contributed by atoms with Gasteiger partial charge in [-0.2, -0.15) is 0 Å². The van der Waals surface area contributed by atoms with E-state index in [0.717, 1.165) is 31.6 Å². The predicted octanol–water partition coefficient (Wildman–Crippen LogP) is 3.47. The molecule has 0 aliphatic carbocycles. The highest BCUT2D eigenvalue weighted by molar-refractivity contribution is 7.10. The number of carbonyl (C=O) groups excluding carboxylic acids is 1. The van der Waals surface area contributed by atoms with Crippen LogP contribution >= 0.6 is 11.3 Å². The fourth-order valence-corrected chi connectivity index (χ4v) is 4.06. The van der Waals surface area contributed by atoms with Gasteiger partial charge in [0, 0.05) is 22.8 Å². The lowest BCUT2D eigenvalue weighted by Gasteiger charge is -2.34. The third-order valence-electron chi connectivity index (χ3n) is 4.63. The number of amides is 1. The number of carbonyl (C=O) groups is 1. The molecule has 2 rings (SSSR count). The first-order chi connectivity index (χ1) is 10.0. The van der Waals surface area contributed by atoms with Gasteiger partial charge in [0.15, 0.2) is 0 Å². The average Bonchev–Trinajstić information content (AvgIpc) is 2.86. The lowest BCUT2D eigenvalue weighted by molar-refractivity contribution is 0.0929. The van der Waals surface area contributed by atoms with Crippen LogP contribution in [0.3, 0.4) is 0 Å². The summed E-state index contributed by atoms with van der Waals surface area (Å²) in [5.41, 5.74) is 2.10. The molecule has 0 atom stereocenters. The molecule has 118 valence electrons. The van der Waals surface area contributed by atoms with Gasteiger partial charge in [0.25, 0.3) is 5.91 Å². The maximum Gasteiger partial charge on any atom is 0.252 e. The molecule has 0 bridgehead atoms. The zero-order valence-electron chi connectivity index (χ0n) is 13.7. The van der Waals surface area contributed by atoms with Crippen molar-refractivity contribution in [1.82, 2.24) is 10.2 Å². The van der Waals surface area contributed by atoms with Crippen LogP contribution in [0.15, 0.2) is 5.38 Å². The molecule has 0 saturated carbocycles. The maximum absolute atomic E-state index is 12.3. The van der Waals surface area contributed by atoms with Gasteiger partial charge >= 0.3 is 0 Å². The molecule has 2 heterocycles. The number of piperidine rings is 1. The normalized spacial score (nSPS) is 17.4. The Balaban J connectivity index is 1.82. The third-order valence-corrected chi connectivity index (χ3v) is 5.59. The molecule has 1 N–H and O–H groups in total. The van der Waals surface area contributed by atoms with Crippen LogP contribution in [0.2, 0.25) is 0 Å². The van der Waals surface area contributed by atoms with Crippen LogP contribution in [-0.4, -0.2) is 36.5 Å². The second-order valence-electron chi connectivity index (χ2n) is 6.32. The number of likely N-dealkylation sites (tertiary alicyclic amines) is 1. The van der Waals surface area contributed by atoms with Gasteiger partial charge in [-0.1, -0.05) is 6.92 Å². The van der Waals surface area contributed by atoms with Crippen molar-refractivity contribution in [1.29, 1.82) is 0 Å². The van der Waals surface area contributed by atoms with Crippen LogP contribution in [0.1, 0.15) is 54.4 Å². The second kappa shape index (κ2) is 7.41. The Morgan fingerprint density at radius 2 is 2.10 bits per heavy atom. The molecule has 4 heteroatoms. The number of nitrogens with zero attached hydrogens (tertiary/aromatic N) is 1. The summed E-state index contributed by atoms with van der Waals surface area (Å²) in [4.78, 5) is 16.1. The van der Waals surface area contributed by atoms with E-state index >= 15 is 0 Å². The molecule has 1 aromatic rings. The molecule has 0 aromatic carbocycles. The number of thiophene rings is 1. The number of rotatable bonds is 5. The fourth-order valence-electron chi connectivity index (χ4n) is 3.11. The van der Waals surface area contributed by atoms with E-state index < -0.39 is 0 Å². The minimum Gasteiger partial charge on any atom is -0.352 e. The Bertz CT molecular complexity index is 473. The number of hydrogen-bond donors (Lipinski definition) is 1. The SMILES string of the molecule is CCc1c(C(=O)NCC2CCN(C(C)C)CC2)csc1C. The van der Waals surface area contributed by atoms with E-state index in [1.54, 1.807) is 11.3 Å². The molecular weight excluding hydrogens is 280 g/mol. The van der Waals surface area contributed by atoms with Gasteiger partial charge < -0.3 is 10.2 Å². The largest absolute Gasteiger partial charge is 0.352 e. The maximum atomic E-state index is 12.3. The zero-order chi connectivity index (χ0) is 15.4. The molecule has 0 radical (unpaired) electrons. The first kappa shape index (κ1) is 16.5. The van der Waals surface area contributed by atoms with E-state index in [4.69, 9.17) is 0 Å². The van der Waals surface area contributed by atoms with E-state index in [9.17, 15) is 4.79 Å². The van der Waals surface area contributed by atoms with Crippen LogP contribution < -0.4 is 5.32 Å². The quantitative estimate of drug-likeness (QED) is 0.903. The number of hydrogen-bond acceptors (Lipinski definition) is 3. The zero-order valence-corrected chi connectivity index (χ0v) is 14.6. The Kier molecular flexibility index (Phi) is 5.82. The van der Waals surface area contributed by atoms with Gasteiger partial charge in [-0.3, -0.25) is 4.79 Å². The number of aryl methyl sites for hydroxylation is 1. The highest BCUT2D eigenvalue weighted by Crippen LogP contribution is 2.23. The standard InChI is InChI=1S/C17H28N2OS/c1-5-15-13(4)21-11-16(15)17(20)18-10-14-6-8-19(9-7-14)12(2)3/h11-12,14H,5-10H2,1-4H3,(H,18,20). The van der Waals surface area contributed by atoms with Gasteiger partial charge in [-0.15, -0.1) is 11.3 Å². The third kappa shape index (κ3) is 4.07. The summed E-state index contributed by atoms with van der Waals surface area (Å²) in [5, 5.41) is 5.15. The highest BCUT2D eigenvalue weighted by atomic mass is 32.1. The van der Waals surface area contributed by atoms with E-state index in [1.807, 2.05) is 5.38 Å². The van der Waals surface area contributed by atoms with E-state index in [1.165, 1.54) is 23.3 Å². The molecule has 1 aliphatic heterocycles. The Hall–Kier alpha value is -0.870. The summed E-state index contributed by atoms with van der Waals surface area (Å²) in [6.45, 7) is 11.9. The Morgan fingerprint density at radius 3 is 2.67 bits per heavy atom. The molecule has 1 amide bonds. The van der Waals surface area contributed by atoms with Crippen molar-refractivity contribution >= 4 is 17.2 Å². The Labute approximate surface area is 132 Å². The van der Waals surface area contributed by atoms with Gasteiger partial charge in [0.05, 0.1) is 5.56 Å². The Morgan fingerprint density at radius 1 is 1.43 bits per heavy atom. The van der Waals surface area contributed by atoms with E-state index in [2.05, 4.69) is 37.9 Å².